The molecule has 3 nitrogen and oxygen atoms in total. The molecular weight excluding hydrogens is 226 g/mol. The predicted octanol–water partition coefficient (Wildman–Crippen LogP) is 1.75. The van der Waals surface area contributed by atoms with Gasteiger partial charge in [-0.1, -0.05) is 29.3 Å². The smallest absolute Gasteiger partial charge is 0.167 e. The molecule has 1 aromatic rings. The van der Waals surface area contributed by atoms with Crippen LogP contribution in [0.5, 0.6) is 0 Å². The van der Waals surface area contributed by atoms with Crippen LogP contribution >= 0.6 is 0 Å². The molecule has 1 aliphatic heterocycles. The first-order chi connectivity index (χ1) is 8.54. The van der Waals surface area contributed by atoms with Crippen LogP contribution in [0.25, 0.3) is 0 Å². The van der Waals surface area contributed by atoms with Crippen LogP contribution in [0.4, 0.5) is 0 Å². The Balaban J connectivity index is 2.02. The van der Waals surface area contributed by atoms with Crippen LogP contribution in [0.1, 0.15) is 16.7 Å². The Morgan fingerprint density at radius 1 is 1.33 bits per heavy atom. The van der Waals surface area contributed by atoms with Crippen LogP contribution in [0.2, 0.25) is 0 Å². The van der Waals surface area contributed by atoms with E-state index < -0.39 is 0 Å². The average molecular weight is 247 g/mol. The first kappa shape index (κ1) is 13.2. The van der Waals surface area contributed by atoms with Crippen LogP contribution in [0.15, 0.2) is 18.2 Å². The number of benzene rings is 1. The van der Waals surface area contributed by atoms with E-state index in [1.807, 2.05) is 7.05 Å². The number of likely N-dealkylation sites (N-methyl/N-ethyl adjacent to an activating group) is 1. The minimum absolute atomic E-state index is 0.187. The minimum Gasteiger partial charge on any atom is -0.368 e. The van der Waals surface area contributed by atoms with E-state index >= 15 is 0 Å². The van der Waals surface area contributed by atoms with Gasteiger partial charge in [0.1, 0.15) is 6.10 Å². The summed E-state index contributed by atoms with van der Waals surface area (Å²) in [6.07, 6.45) is 0.214. The fourth-order valence-corrected chi connectivity index (χ4v) is 2.46. The molecular formula is C15H21NO2. The van der Waals surface area contributed by atoms with Gasteiger partial charge in [-0.2, -0.15) is 0 Å². The van der Waals surface area contributed by atoms with E-state index in [1.54, 1.807) is 0 Å². The Bertz CT molecular complexity index is 422. The number of aryl methyl sites for hydroxylation is 2. The molecule has 1 heterocycles. The van der Waals surface area contributed by atoms with Crippen molar-refractivity contribution in [1.29, 1.82) is 0 Å². The Morgan fingerprint density at radius 2 is 2.00 bits per heavy atom. The van der Waals surface area contributed by atoms with Crippen LogP contribution in [0, 0.1) is 13.8 Å². The third-order valence-corrected chi connectivity index (χ3v) is 3.29. The van der Waals surface area contributed by atoms with Crippen LogP contribution in [0.3, 0.4) is 0 Å². The summed E-state index contributed by atoms with van der Waals surface area (Å²) >= 11 is 0. The molecule has 0 saturated carbocycles. The minimum atomic E-state index is -0.260. The molecule has 1 aromatic carbocycles. The first-order valence-corrected chi connectivity index (χ1v) is 6.44. The van der Waals surface area contributed by atoms with Gasteiger partial charge in [0.15, 0.2) is 5.78 Å². The molecule has 0 bridgehead atoms. The molecule has 2 rings (SSSR count). The monoisotopic (exact) mass is 247 g/mol. The van der Waals surface area contributed by atoms with Crippen molar-refractivity contribution in [3.05, 3.63) is 34.9 Å². The van der Waals surface area contributed by atoms with E-state index in [9.17, 15) is 4.79 Å². The SMILES string of the molecule is Cc1cc(C)cc(CC(=O)C2CN(C)CCO2)c1. The van der Waals surface area contributed by atoms with E-state index in [4.69, 9.17) is 4.74 Å². The molecule has 0 spiro atoms. The molecule has 0 amide bonds. The fraction of sp³-hybridized carbons (Fsp3) is 0.533. The van der Waals surface area contributed by atoms with Crippen LogP contribution < -0.4 is 0 Å². The number of hydrogen-bond donors (Lipinski definition) is 0. The Kier molecular flexibility index (Phi) is 4.15. The zero-order chi connectivity index (χ0) is 13.1. The third kappa shape index (κ3) is 3.40. The van der Waals surface area contributed by atoms with Crippen molar-refractivity contribution in [1.82, 2.24) is 4.90 Å². The Morgan fingerprint density at radius 3 is 2.61 bits per heavy atom. The molecule has 1 saturated heterocycles. The Labute approximate surface area is 109 Å². The van der Waals surface area contributed by atoms with Crippen molar-refractivity contribution in [2.24, 2.45) is 0 Å². The maximum absolute atomic E-state index is 12.2. The number of morpholine rings is 1. The molecule has 1 aliphatic rings. The van der Waals surface area contributed by atoms with Crippen LogP contribution in [-0.4, -0.2) is 43.5 Å². The second kappa shape index (κ2) is 5.63. The molecule has 1 unspecified atom stereocenters. The van der Waals surface area contributed by atoms with Crippen molar-refractivity contribution in [3.63, 3.8) is 0 Å². The van der Waals surface area contributed by atoms with Gasteiger partial charge in [-0.05, 0) is 26.5 Å². The molecule has 0 radical (unpaired) electrons. The van der Waals surface area contributed by atoms with E-state index in [-0.39, 0.29) is 11.9 Å². The molecule has 0 N–H and O–H groups in total. The maximum atomic E-state index is 12.2. The lowest BCUT2D eigenvalue weighted by atomic mass is 10.0. The predicted molar refractivity (Wildman–Crippen MR) is 71.9 cm³/mol. The van der Waals surface area contributed by atoms with Gasteiger partial charge in [0.25, 0.3) is 0 Å². The van der Waals surface area contributed by atoms with Gasteiger partial charge in [-0.25, -0.2) is 0 Å². The Hall–Kier alpha value is -1.19. The van der Waals surface area contributed by atoms with Gasteiger partial charge in [-0.3, -0.25) is 4.79 Å². The molecule has 1 atom stereocenters. The van der Waals surface area contributed by atoms with Crippen molar-refractivity contribution in [3.8, 4) is 0 Å². The zero-order valence-corrected chi connectivity index (χ0v) is 11.4. The lowest BCUT2D eigenvalue weighted by Crippen LogP contribution is -2.44. The summed E-state index contributed by atoms with van der Waals surface area (Å²) in [7, 11) is 2.03. The molecule has 0 aromatic heterocycles. The summed E-state index contributed by atoms with van der Waals surface area (Å²) < 4.78 is 5.55. The lowest BCUT2D eigenvalue weighted by Gasteiger charge is -2.29. The number of nitrogens with zero attached hydrogens (tertiary/aromatic N) is 1. The number of Topliss-reactive ketones (excluding diaryl/α,β-unsaturated/α-hetero) is 1. The number of ether oxygens (including phenoxy) is 1. The molecule has 18 heavy (non-hydrogen) atoms. The van der Waals surface area contributed by atoms with E-state index in [0.717, 1.165) is 12.1 Å². The van der Waals surface area contributed by atoms with Gasteiger partial charge < -0.3 is 9.64 Å². The van der Waals surface area contributed by atoms with Gasteiger partial charge in [0.05, 0.1) is 6.61 Å². The van der Waals surface area contributed by atoms with Gasteiger partial charge >= 0.3 is 0 Å². The summed E-state index contributed by atoms with van der Waals surface area (Å²) in [5, 5.41) is 0. The van der Waals surface area contributed by atoms with E-state index in [2.05, 4.69) is 36.9 Å². The van der Waals surface area contributed by atoms with Gasteiger partial charge in [0.2, 0.25) is 0 Å². The number of rotatable bonds is 3. The van der Waals surface area contributed by atoms with E-state index in [0.29, 0.717) is 19.6 Å². The molecule has 1 fully saturated rings. The highest BCUT2D eigenvalue weighted by molar-refractivity contribution is 5.85. The van der Waals surface area contributed by atoms with Crippen molar-refractivity contribution < 1.29 is 9.53 Å². The summed E-state index contributed by atoms with van der Waals surface area (Å²) in [6, 6.07) is 6.29. The quantitative estimate of drug-likeness (QED) is 0.815. The van der Waals surface area contributed by atoms with Gasteiger partial charge in [0, 0.05) is 19.5 Å². The summed E-state index contributed by atoms with van der Waals surface area (Å²) in [6.45, 7) is 6.40. The summed E-state index contributed by atoms with van der Waals surface area (Å²) in [5.41, 5.74) is 3.51. The molecule has 0 aliphatic carbocycles. The standard InChI is InChI=1S/C15H21NO2/c1-11-6-12(2)8-13(7-11)9-14(17)15-10-16(3)4-5-18-15/h6-8,15H,4-5,9-10H2,1-3H3. The largest absolute Gasteiger partial charge is 0.368 e. The normalized spacial score (nSPS) is 20.9. The topological polar surface area (TPSA) is 29.5 Å². The van der Waals surface area contributed by atoms with Crippen molar-refractivity contribution >= 4 is 5.78 Å². The number of carbonyl (C=O) groups excluding carboxylic acids is 1. The zero-order valence-electron chi connectivity index (χ0n) is 11.4. The van der Waals surface area contributed by atoms with Crippen LogP contribution in [-0.2, 0) is 16.0 Å². The first-order valence-electron chi connectivity index (χ1n) is 6.44. The second-order valence-electron chi connectivity index (χ2n) is 5.26. The van der Waals surface area contributed by atoms with Crippen molar-refractivity contribution in [2.45, 2.75) is 26.4 Å². The number of ketones is 1. The number of carbonyl (C=O) groups is 1. The van der Waals surface area contributed by atoms with E-state index in [1.165, 1.54) is 11.1 Å². The average Bonchev–Trinajstić information content (AvgIpc) is 2.27. The highest BCUT2D eigenvalue weighted by Gasteiger charge is 2.24. The number of hydrogen-bond acceptors (Lipinski definition) is 3. The highest BCUT2D eigenvalue weighted by Crippen LogP contribution is 2.12. The second-order valence-corrected chi connectivity index (χ2v) is 5.26. The third-order valence-electron chi connectivity index (χ3n) is 3.29. The lowest BCUT2D eigenvalue weighted by molar-refractivity contribution is -0.134. The van der Waals surface area contributed by atoms with Crippen molar-refractivity contribution in [2.75, 3.05) is 26.7 Å². The summed E-state index contributed by atoms with van der Waals surface area (Å²) in [4.78, 5) is 14.3. The highest BCUT2D eigenvalue weighted by atomic mass is 16.5. The van der Waals surface area contributed by atoms with Gasteiger partial charge in [-0.15, -0.1) is 0 Å². The maximum Gasteiger partial charge on any atom is 0.167 e. The summed E-state index contributed by atoms with van der Waals surface area (Å²) in [5.74, 6) is 0.187. The fourth-order valence-electron chi connectivity index (χ4n) is 2.46. The molecule has 3 heteroatoms. The molecule has 98 valence electrons.